The van der Waals surface area contributed by atoms with Crippen LogP contribution >= 0.6 is 0 Å². The van der Waals surface area contributed by atoms with Gasteiger partial charge in [-0.3, -0.25) is 14.6 Å². The van der Waals surface area contributed by atoms with E-state index in [1.807, 2.05) is 0 Å². The average molecular weight is 367 g/mol. The highest BCUT2D eigenvalue weighted by molar-refractivity contribution is 5.93. The standard InChI is InChI=1S/C22H29N3O2/c1-5-8-24-21(26)12-18-11-20(15(2)3)19(10-16(18)4)14-25-22(27)17-7-6-9-23-13-17/h1,6-7,9-10,13,15,18-20H,8,11-12,14H2,2-4H3,(H,24,26)(H,25,27)/t18-,19-,20-/m0/s1. The summed E-state index contributed by atoms with van der Waals surface area (Å²) in [5.41, 5.74) is 1.78. The summed E-state index contributed by atoms with van der Waals surface area (Å²) in [5.74, 6) is 3.68. The van der Waals surface area contributed by atoms with Gasteiger partial charge in [0.2, 0.25) is 5.91 Å². The predicted molar refractivity (Wildman–Crippen MR) is 107 cm³/mol. The predicted octanol–water partition coefficient (Wildman–Crippen LogP) is 2.81. The van der Waals surface area contributed by atoms with E-state index in [4.69, 9.17) is 6.42 Å². The van der Waals surface area contributed by atoms with Crippen LogP contribution in [0.15, 0.2) is 36.2 Å². The zero-order valence-corrected chi connectivity index (χ0v) is 16.4. The van der Waals surface area contributed by atoms with E-state index >= 15 is 0 Å². The highest BCUT2D eigenvalue weighted by atomic mass is 16.2. The molecule has 3 atom stereocenters. The average Bonchev–Trinajstić information content (AvgIpc) is 2.66. The van der Waals surface area contributed by atoms with Gasteiger partial charge in [0.25, 0.3) is 5.91 Å². The van der Waals surface area contributed by atoms with Crippen molar-refractivity contribution in [3.8, 4) is 12.3 Å². The van der Waals surface area contributed by atoms with Crippen LogP contribution in [0.3, 0.4) is 0 Å². The molecule has 0 aliphatic heterocycles. The zero-order chi connectivity index (χ0) is 19.8. The lowest BCUT2D eigenvalue weighted by Crippen LogP contribution is -2.37. The summed E-state index contributed by atoms with van der Waals surface area (Å²) in [6.45, 7) is 7.33. The van der Waals surface area contributed by atoms with Crippen molar-refractivity contribution < 1.29 is 9.59 Å². The fraction of sp³-hybridized carbons (Fsp3) is 0.500. The monoisotopic (exact) mass is 367 g/mol. The number of nitrogens with zero attached hydrogens (tertiary/aromatic N) is 1. The Bertz CT molecular complexity index is 719. The van der Waals surface area contributed by atoms with Crippen LogP contribution in [-0.2, 0) is 4.79 Å². The summed E-state index contributed by atoms with van der Waals surface area (Å²) < 4.78 is 0. The normalized spacial score (nSPS) is 21.9. The lowest BCUT2D eigenvalue weighted by Gasteiger charge is -2.37. The van der Waals surface area contributed by atoms with Crippen molar-refractivity contribution in [2.75, 3.05) is 13.1 Å². The quantitative estimate of drug-likeness (QED) is 0.575. The maximum absolute atomic E-state index is 12.3. The van der Waals surface area contributed by atoms with Crippen LogP contribution in [0.5, 0.6) is 0 Å². The molecular formula is C22H29N3O2. The molecule has 2 N–H and O–H groups in total. The molecule has 0 radical (unpaired) electrons. The summed E-state index contributed by atoms with van der Waals surface area (Å²) in [5, 5.41) is 5.78. The first-order valence-electron chi connectivity index (χ1n) is 9.49. The molecular weight excluding hydrogens is 338 g/mol. The van der Waals surface area contributed by atoms with Gasteiger partial charge in [-0.25, -0.2) is 0 Å². The van der Waals surface area contributed by atoms with Crippen molar-refractivity contribution >= 4 is 11.8 Å². The Hall–Kier alpha value is -2.61. The van der Waals surface area contributed by atoms with Gasteiger partial charge in [0.1, 0.15) is 0 Å². The third kappa shape index (κ3) is 5.96. The van der Waals surface area contributed by atoms with Gasteiger partial charge in [-0.05, 0) is 49.1 Å². The molecule has 5 heteroatoms. The Morgan fingerprint density at radius 2 is 2.15 bits per heavy atom. The molecule has 144 valence electrons. The number of hydrogen-bond acceptors (Lipinski definition) is 3. The minimum atomic E-state index is -0.104. The number of nitrogens with one attached hydrogen (secondary N) is 2. The van der Waals surface area contributed by atoms with Crippen molar-refractivity contribution in [1.82, 2.24) is 15.6 Å². The number of amides is 2. The van der Waals surface area contributed by atoms with Crippen molar-refractivity contribution in [1.29, 1.82) is 0 Å². The Morgan fingerprint density at radius 3 is 2.78 bits per heavy atom. The topological polar surface area (TPSA) is 71.1 Å². The van der Waals surface area contributed by atoms with Crippen molar-refractivity contribution in [2.24, 2.45) is 23.7 Å². The first-order chi connectivity index (χ1) is 12.9. The Kier molecular flexibility index (Phi) is 7.60. The van der Waals surface area contributed by atoms with Gasteiger partial charge in [0.15, 0.2) is 0 Å². The molecule has 0 bridgehead atoms. The highest BCUT2D eigenvalue weighted by Crippen LogP contribution is 2.38. The fourth-order valence-electron chi connectivity index (χ4n) is 3.76. The molecule has 1 aliphatic rings. The number of terminal acetylenes is 1. The largest absolute Gasteiger partial charge is 0.351 e. The molecule has 1 aliphatic carbocycles. The number of carbonyl (C=O) groups excluding carboxylic acids is 2. The van der Waals surface area contributed by atoms with Gasteiger partial charge in [0, 0.05) is 25.4 Å². The highest BCUT2D eigenvalue weighted by Gasteiger charge is 2.32. The van der Waals surface area contributed by atoms with E-state index in [-0.39, 0.29) is 30.2 Å². The summed E-state index contributed by atoms with van der Waals surface area (Å²) in [6.07, 6.45) is 12.1. The molecule has 0 aromatic carbocycles. The SMILES string of the molecule is C#CCNC(=O)C[C@@H]1C[C@@H](C(C)C)[C@H](CNC(=O)c2cccnc2)C=C1C. The number of aromatic nitrogens is 1. The van der Waals surface area contributed by atoms with E-state index in [1.54, 1.807) is 24.5 Å². The lowest BCUT2D eigenvalue weighted by atomic mass is 9.69. The third-order valence-corrected chi connectivity index (χ3v) is 5.33. The van der Waals surface area contributed by atoms with Crippen LogP contribution < -0.4 is 10.6 Å². The van der Waals surface area contributed by atoms with Crippen LogP contribution in [0, 0.1) is 36.0 Å². The van der Waals surface area contributed by atoms with E-state index in [9.17, 15) is 9.59 Å². The maximum atomic E-state index is 12.3. The first-order valence-corrected chi connectivity index (χ1v) is 9.49. The molecule has 2 rings (SSSR count). The molecule has 2 amide bonds. The van der Waals surface area contributed by atoms with E-state index < -0.39 is 0 Å². The number of hydrogen-bond donors (Lipinski definition) is 2. The smallest absolute Gasteiger partial charge is 0.252 e. The molecule has 5 nitrogen and oxygen atoms in total. The van der Waals surface area contributed by atoms with Crippen molar-refractivity contribution in [3.05, 3.63) is 41.7 Å². The van der Waals surface area contributed by atoms with Gasteiger partial charge < -0.3 is 10.6 Å². The maximum Gasteiger partial charge on any atom is 0.252 e. The van der Waals surface area contributed by atoms with Crippen LogP contribution in [0.2, 0.25) is 0 Å². The Morgan fingerprint density at radius 1 is 1.37 bits per heavy atom. The van der Waals surface area contributed by atoms with E-state index in [2.05, 4.69) is 48.4 Å². The molecule has 0 unspecified atom stereocenters. The second kappa shape index (κ2) is 9.91. The van der Waals surface area contributed by atoms with Crippen LogP contribution in [0.25, 0.3) is 0 Å². The fourth-order valence-corrected chi connectivity index (χ4v) is 3.76. The minimum absolute atomic E-state index is 0.00321. The summed E-state index contributed by atoms with van der Waals surface area (Å²) in [7, 11) is 0. The minimum Gasteiger partial charge on any atom is -0.351 e. The van der Waals surface area contributed by atoms with Gasteiger partial charge in [-0.1, -0.05) is 31.4 Å². The summed E-state index contributed by atoms with van der Waals surface area (Å²) >= 11 is 0. The van der Waals surface area contributed by atoms with Gasteiger partial charge in [-0.15, -0.1) is 6.42 Å². The molecule has 0 saturated carbocycles. The zero-order valence-electron chi connectivity index (χ0n) is 16.4. The number of allylic oxidation sites excluding steroid dienone is 1. The number of pyridine rings is 1. The summed E-state index contributed by atoms with van der Waals surface area (Å²) in [6, 6.07) is 3.52. The van der Waals surface area contributed by atoms with Crippen LogP contribution in [-0.4, -0.2) is 29.9 Å². The molecule has 1 aromatic heterocycles. The number of carbonyl (C=O) groups is 2. The molecule has 1 aromatic rings. The third-order valence-electron chi connectivity index (χ3n) is 5.33. The second-order valence-corrected chi connectivity index (χ2v) is 7.55. The van der Waals surface area contributed by atoms with E-state index in [0.29, 0.717) is 30.4 Å². The Balaban J connectivity index is 2.02. The van der Waals surface area contributed by atoms with Crippen molar-refractivity contribution in [2.45, 2.75) is 33.6 Å². The second-order valence-electron chi connectivity index (χ2n) is 7.55. The lowest BCUT2D eigenvalue weighted by molar-refractivity contribution is -0.121. The van der Waals surface area contributed by atoms with Crippen molar-refractivity contribution in [3.63, 3.8) is 0 Å². The van der Waals surface area contributed by atoms with Gasteiger partial charge >= 0.3 is 0 Å². The number of rotatable bonds is 7. The molecule has 0 saturated heterocycles. The van der Waals surface area contributed by atoms with E-state index in [0.717, 1.165) is 6.42 Å². The van der Waals surface area contributed by atoms with Crippen LogP contribution in [0.1, 0.15) is 44.0 Å². The van der Waals surface area contributed by atoms with E-state index in [1.165, 1.54) is 5.57 Å². The molecule has 0 spiro atoms. The summed E-state index contributed by atoms with van der Waals surface area (Å²) in [4.78, 5) is 28.4. The van der Waals surface area contributed by atoms with Crippen LogP contribution in [0.4, 0.5) is 0 Å². The van der Waals surface area contributed by atoms with Gasteiger partial charge in [0.05, 0.1) is 12.1 Å². The first kappa shape index (κ1) is 20.7. The molecule has 0 fully saturated rings. The van der Waals surface area contributed by atoms with Gasteiger partial charge in [-0.2, -0.15) is 0 Å². The Labute approximate surface area is 162 Å². The molecule has 27 heavy (non-hydrogen) atoms. The molecule has 1 heterocycles.